The van der Waals surface area contributed by atoms with Crippen LogP contribution in [0.3, 0.4) is 0 Å². The molecule has 2 heterocycles. The van der Waals surface area contributed by atoms with Gasteiger partial charge in [0.25, 0.3) is 0 Å². The van der Waals surface area contributed by atoms with E-state index in [0.717, 1.165) is 18.4 Å². The third kappa shape index (κ3) is 5.17. The zero-order valence-corrected chi connectivity index (χ0v) is 23.0. The first-order chi connectivity index (χ1) is 17.4. The number of imidazole rings is 1. The van der Waals surface area contributed by atoms with E-state index in [-0.39, 0.29) is 22.2 Å². The van der Waals surface area contributed by atoms with Gasteiger partial charge in [-0.15, -0.1) is 0 Å². The Labute approximate surface area is 218 Å². The number of carbonyl (C=O) groups excluding carboxylic acids is 1. The fourth-order valence-electron chi connectivity index (χ4n) is 5.48. The third-order valence-electron chi connectivity index (χ3n) is 6.96. The van der Waals surface area contributed by atoms with Crippen LogP contribution in [0.25, 0.3) is 11.0 Å². The molecule has 0 aliphatic carbocycles. The van der Waals surface area contributed by atoms with E-state index >= 15 is 0 Å². The monoisotopic (exact) mass is 524 g/mol. The number of aromatic amines is 1. The third-order valence-corrected chi connectivity index (χ3v) is 8.46. The molecule has 2 N–H and O–H groups in total. The Morgan fingerprint density at radius 3 is 2.35 bits per heavy atom. The van der Waals surface area contributed by atoms with Gasteiger partial charge in [0.2, 0.25) is 15.0 Å². The topological polar surface area (TPSA) is 109 Å². The van der Waals surface area contributed by atoms with Crippen LogP contribution in [0, 0.1) is 5.41 Å². The van der Waals surface area contributed by atoms with Crippen molar-refractivity contribution < 1.29 is 23.1 Å². The molecule has 1 aromatic heterocycles. The van der Waals surface area contributed by atoms with E-state index in [4.69, 9.17) is 4.74 Å². The van der Waals surface area contributed by atoms with Crippen molar-refractivity contribution in [2.24, 2.45) is 5.41 Å². The number of benzene rings is 2. The molecule has 0 spiro atoms. The summed E-state index contributed by atoms with van der Waals surface area (Å²) >= 11 is 0. The fraction of sp³-hybridized carbons (Fsp3) is 0.448. The Morgan fingerprint density at radius 2 is 1.73 bits per heavy atom. The average molecular weight is 525 g/mol. The Hall–Kier alpha value is -3.13. The molecule has 0 fully saturated rings. The lowest BCUT2D eigenvalue weighted by Gasteiger charge is -2.31. The summed E-state index contributed by atoms with van der Waals surface area (Å²) in [5.41, 5.74) is 1.40. The number of aliphatic hydroxyl groups is 1. The molecule has 1 unspecified atom stereocenters. The highest BCUT2D eigenvalue weighted by Crippen LogP contribution is 2.49. The molecule has 3 aromatic rings. The van der Waals surface area contributed by atoms with Crippen molar-refractivity contribution in [2.45, 2.75) is 82.7 Å². The maximum Gasteiger partial charge on any atom is 0.339 e. The number of carbonyl (C=O) groups is 1. The van der Waals surface area contributed by atoms with Crippen LogP contribution < -0.4 is 0 Å². The van der Waals surface area contributed by atoms with Gasteiger partial charge >= 0.3 is 5.97 Å². The first-order valence-electron chi connectivity index (χ1n) is 12.8. The van der Waals surface area contributed by atoms with Crippen LogP contribution in [-0.2, 0) is 25.1 Å². The van der Waals surface area contributed by atoms with Crippen LogP contribution in [0.15, 0.2) is 65.0 Å². The predicted molar refractivity (Wildman–Crippen MR) is 144 cm³/mol. The smallest absolute Gasteiger partial charge is 0.339 e. The molecule has 1 aliphatic rings. The number of fused-ring (bicyclic) bond motifs is 1. The van der Waals surface area contributed by atoms with Crippen LogP contribution in [0.4, 0.5) is 0 Å². The molecule has 0 amide bonds. The number of esters is 1. The molecule has 1 aliphatic heterocycles. The molecule has 0 saturated heterocycles. The summed E-state index contributed by atoms with van der Waals surface area (Å²) in [5, 5.41) is 11.4. The van der Waals surface area contributed by atoms with Crippen molar-refractivity contribution in [3.05, 3.63) is 71.0 Å². The van der Waals surface area contributed by atoms with E-state index in [2.05, 4.69) is 9.97 Å². The SMILES string of the molecule is CCCC1(CCC)OC(=O)C(C(c2cccc(CS(=O)(=O)c3nc4ccccc4[nH]3)c2)C(C)(C)C)=C1O. The first kappa shape index (κ1) is 26.9. The van der Waals surface area contributed by atoms with Gasteiger partial charge in [0, 0.05) is 5.92 Å². The van der Waals surface area contributed by atoms with Crippen molar-refractivity contribution in [3.8, 4) is 0 Å². The molecule has 8 heteroatoms. The number of nitrogens with one attached hydrogen (secondary N) is 1. The van der Waals surface area contributed by atoms with Gasteiger partial charge in [0.05, 0.1) is 22.4 Å². The predicted octanol–water partition coefficient (Wildman–Crippen LogP) is 6.37. The standard InChI is InChI=1S/C29H36N2O5S/c1-6-15-29(16-7-2)25(32)23(26(33)36-29)24(28(3,4)5)20-12-10-11-19(17-20)18-37(34,35)27-30-21-13-8-9-14-22(21)31-27/h8-14,17,24,32H,6-7,15-16,18H2,1-5H3,(H,30,31). The minimum atomic E-state index is -3.75. The Bertz CT molecular complexity index is 1410. The number of nitrogens with zero attached hydrogens (tertiary/aromatic N) is 1. The number of hydrogen-bond donors (Lipinski definition) is 2. The number of para-hydroxylation sites is 2. The van der Waals surface area contributed by atoms with Gasteiger partial charge in [-0.25, -0.2) is 18.2 Å². The van der Waals surface area contributed by atoms with Crippen LogP contribution in [0.1, 0.15) is 77.3 Å². The van der Waals surface area contributed by atoms with Crippen molar-refractivity contribution in [1.29, 1.82) is 0 Å². The van der Waals surface area contributed by atoms with Gasteiger partial charge in [-0.3, -0.25) is 0 Å². The first-order valence-corrected chi connectivity index (χ1v) is 14.5. The van der Waals surface area contributed by atoms with Gasteiger partial charge in [-0.1, -0.05) is 83.9 Å². The van der Waals surface area contributed by atoms with Crippen LogP contribution in [0.2, 0.25) is 0 Å². The number of rotatable bonds is 9. The molecule has 4 rings (SSSR count). The molecular formula is C29H36N2O5S. The molecular weight excluding hydrogens is 488 g/mol. The average Bonchev–Trinajstić information content (AvgIpc) is 3.35. The lowest BCUT2D eigenvalue weighted by molar-refractivity contribution is -0.150. The summed E-state index contributed by atoms with van der Waals surface area (Å²) in [6.07, 6.45) is 2.63. The van der Waals surface area contributed by atoms with Gasteiger partial charge in [-0.05, 0) is 41.5 Å². The fourth-order valence-corrected chi connectivity index (χ4v) is 6.73. The van der Waals surface area contributed by atoms with Crippen molar-refractivity contribution >= 4 is 26.8 Å². The molecule has 0 bridgehead atoms. The number of hydrogen-bond acceptors (Lipinski definition) is 6. The van der Waals surface area contributed by atoms with Crippen LogP contribution in [0.5, 0.6) is 0 Å². The molecule has 0 radical (unpaired) electrons. The van der Waals surface area contributed by atoms with E-state index < -0.39 is 32.7 Å². The summed E-state index contributed by atoms with van der Waals surface area (Å²) in [6.45, 7) is 10.0. The van der Waals surface area contributed by atoms with Crippen LogP contribution >= 0.6 is 0 Å². The summed E-state index contributed by atoms with van der Waals surface area (Å²) in [6, 6.07) is 14.4. The second kappa shape index (κ2) is 9.97. The summed E-state index contributed by atoms with van der Waals surface area (Å²) < 4.78 is 32.3. The number of aromatic nitrogens is 2. The van der Waals surface area contributed by atoms with E-state index in [1.807, 2.05) is 58.9 Å². The zero-order chi connectivity index (χ0) is 27.0. The second-order valence-electron chi connectivity index (χ2n) is 11.0. The highest BCUT2D eigenvalue weighted by atomic mass is 32.2. The minimum Gasteiger partial charge on any atom is -0.507 e. The second-order valence-corrected chi connectivity index (χ2v) is 12.9. The number of sulfone groups is 1. The van der Waals surface area contributed by atoms with Crippen molar-refractivity contribution in [1.82, 2.24) is 9.97 Å². The number of H-pyrrole nitrogens is 1. The maximum atomic E-state index is 13.2. The number of ether oxygens (including phenoxy) is 1. The molecule has 1 atom stereocenters. The normalized spacial score (nSPS) is 16.8. The van der Waals surface area contributed by atoms with Crippen LogP contribution in [-0.4, -0.2) is 35.1 Å². The van der Waals surface area contributed by atoms with Crippen molar-refractivity contribution in [2.75, 3.05) is 0 Å². The Morgan fingerprint density at radius 1 is 1.05 bits per heavy atom. The molecule has 198 valence electrons. The quantitative estimate of drug-likeness (QED) is 0.315. The highest BCUT2D eigenvalue weighted by molar-refractivity contribution is 7.90. The van der Waals surface area contributed by atoms with E-state index in [0.29, 0.717) is 29.4 Å². The number of cyclic esters (lactones) is 1. The summed E-state index contributed by atoms with van der Waals surface area (Å²) in [5.74, 6) is -1.21. The lowest BCUT2D eigenvalue weighted by Crippen LogP contribution is -2.31. The van der Waals surface area contributed by atoms with Gasteiger partial charge in [-0.2, -0.15) is 0 Å². The largest absolute Gasteiger partial charge is 0.507 e. The molecule has 7 nitrogen and oxygen atoms in total. The molecule has 2 aromatic carbocycles. The zero-order valence-electron chi connectivity index (χ0n) is 22.2. The Kier molecular flexibility index (Phi) is 7.25. The van der Waals surface area contributed by atoms with Crippen molar-refractivity contribution in [3.63, 3.8) is 0 Å². The van der Waals surface area contributed by atoms with Gasteiger partial charge < -0.3 is 14.8 Å². The van der Waals surface area contributed by atoms with E-state index in [1.165, 1.54) is 0 Å². The van der Waals surface area contributed by atoms with Gasteiger partial charge in [0.15, 0.2) is 5.60 Å². The highest BCUT2D eigenvalue weighted by Gasteiger charge is 2.51. The molecule has 37 heavy (non-hydrogen) atoms. The molecule has 0 saturated carbocycles. The lowest BCUT2D eigenvalue weighted by atomic mass is 9.71. The Balaban J connectivity index is 1.74. The summed E-state index contributed by atoms with van der Waals surface area (Å²) in [4.78, 5) is 20.4. The summed E-state index contributed by atoms with van der Waals surface area (Å²) in [7, 11) is -3.75. The van der Waals surface area contributed by atoms with E-state index in [1.54, 1.807) is 24.3 Å². The van der Waals surface area contributed by atoms with E-state index in [9.17, 15) is 18.3 Å². The number of aliphatic hydroxyl groups excluding tert-OH is 1. The van der Waals surface area contributed by atoms with Gasteiger partial charge in [0.1, 0.15) is 5.76 Å². The minimum absolute atomic E-state index is 0.0152. The maximum absolute atomic E-state index is 13.2.